The van der Waals surface area contributed by atoms with Gasteiger partial charge in [-0.05, 0) is 61.5 Å². The molecular weight excluding hydrogens is 304 g/mol. The summed E-state index contributed by atoms with van der Waals surface area (Å²) in [5, 5.41) is 20.7. The van der Waals surface area contributed by atoms with Crippen LogP contribution in [-0.4, -0.2) is 28.1 Å². The maximum Gasteiger partial charge on any atom is 0.307 e. The molecule has 0 bridgehead atoms. The highest BCUT2D eigenvalue weighted by molar-refractivity contribution is 6.01. The van der Waals surface area contributed by atoms with Crippen LogP contribution in [-0.2, 0) is 9.59 Å². The van der Waals surface area contributed by atoms with Gasteiger partial charge < -0.3 is 10.2 Å². The van der Waals surface area contributed by atoms with Gasteiger partial charge in [-0.2, -0.15) is 0 Å². The van der Waals surface area contributed by atoms with Gasteiger partial charge in [0.2, 0.25) is 0 Å². The predicted octanol–water partition coefficient (Wildman–Crippen LogP) is 2.97. The highest BCUT2D eigenvalue weighted by Crippen LogP contribution is 2.65. The Bertz CT molecular complexity index is 663. The molecule has 0 spiro atoms. The number of aliphatic carboxylic acids is 1. The van der Waals surface area contributed by atoms with Gasteiger partial charge >= 0.3 is 5.97 Å². The third-order valence-corrected chi connectivity index (χ3v) is 7.79. The van der Waals surface area contributed by atoms with Crippen molar-refractivity contribution in [2.24, 2.45) is 34.5 Å². The molecule has 0 heterocycles. The number of fused-ring (bicyclic) bond motifs is 5. The second kappa shape index (κ2) is 5.04. The molecular formula is C20H26O4. The lowest BCUT2D eigenvalue weighted by Gasteiger charge is -2.58. The zero-order valence-corrected chi connectivity index (χ0v) is 14.4. The molecule has 7 atom stereocenters. The first-order chi connectivity index (χ1) is 11.3. The Balaban J connectivity index is 1.74. The Kier molecular flexibility index (Phi) is 3.38. The minimum absolute atomic E-state index is 0.0443. The highest BCUT2D eigenvalue weighted by atomic mass is 16.4. The SMILES string of the molecule is C[C@]12C=CC(=O)C=C1CC[C@@H]1C2[C@@H](O)C[C@@]2(C)C1CC[C@@H]2C(=O)O. The summed E-state index contributed by atoms with van der Waals surface area (Å²) in [6.07, 6.45) is 8.94. The van der Waals surface area contributed by atoms with Crippen molar-refractivity contribution in [3.05, 3.63) is 23.8 Å². The van der Waals surface area contributed by atoms with Crippen LogP contribution >= 0.6 is 0 Å². The van der Waals surface area contributed by atoms with Crippen molar-refractivity contribution < 1.29 is 19.8 Å². The highest BCUT2D eigenvalue weighted by Gasteiger charge is 2.62. The molecule has 0 radical (unpaired) electrons. The fourth-order valence-corrected chi connectivity index (χ4v) is 6.73. The first-order valence-electron chi connectivity index (χ1n) is 9.12. The number of aliphatic hydroxyl groups is 1. The summed E-state index contributed by atoms with van der Waals surface area (Å²) in [5.41, 5.74) is 0.573. The lowest BCUT2D eigenvalue weighted by atomic mass is 9.47. The molecule has 0 saturated heterocycles. The van der Waals surface area contributed by atoms with Crippen molar-refractivity contribution >= 4 is 11.8 Å². The van der Waals surface area contributed by atoms with Gasteiger partial charge in [0.15, 0.2) is 5.78 Å². The Morgan fingerprint density at radius 3 is 2.71 bits per heavy atom. The summed E-state index contributed by atoms with van der Waals surface area (Å²) < 4.78 is 0. The van der Waals surface area contributed by atoms with Crippen LogP contribution < -0.4 is 0 Å². The fraction of sp³-hybridized carbons (Fsp3) is 0.700. The van der Waals surface area contributed by atoms with Crippen molar-refractivity contribution in [1.82, 2.24) is 0 Å². The Hall–Kier alpha value is -1.42. The second-order valence-corrected chi connectivity index (χ2v) is 8.77. The summed E-state index contributed by atoms with van der Waals surface area (Å²) in [4.78, 5) is 23.5. The average Bonchev–Trinajstić information content (AvgIpc) is 2.84. The van der Waals surface area contributed by atoms with Crippen molar-refractivity contribution in [2.45, 2.75) is 52.1 Å². The van der Waals surface area contributed by atoms with Crippen molar-refractivity contribution in [3.63, 3.8) is 0 Å². The van der Waals surface area contributed by atoms with E-state index in [4.69, 9.17) is 0 Å². The normalized spacial score (nSPS) is 49.9. The van der Waals surface area contributed by atoms with E-state index in [0.29, 0.717) is 18.3 Å². The van der Waals surface area contributed by atoms with Gasteiger partial charge in [-0.3, -0.25) is 9.59 Å². The third kappa shape index (κ3) is 1.95. The number of carboxylic acid groups (broad SMARTS) is 1. The van der Waals surface area contributed by atoms with Crippen LogP contribution in [0.15, 0.2) is 23.8 Å². The molecule has 0 aromatic carbocycles. The minimum Gasteiger partial charge on any atom is -0.481 e. The predicted molar refractivity (Wildman–Crippen MR) is 89.1 cm³/mol. The van der Waals surface area contributed by atoms with E-state index in [1.54, 1.807) is 12.2 Å². The molecule has 4 heteroatoms. The minimum atomic E-state index is -0.712. The van der Waals surface area contributed by atoms with Gasteiger partial charge in [0.05, 0.1) is 12.0 Å². The molecule has 24 heavy (non-hydrogen) atoms. The topological polar surface area (TPSA) is 74.6 Å². The molecule has 3 saturated carbocycles. The van der Waals surface area contributed by atoms with Crippen molar-refractivity contribution in [1.29, 1.82) is 0 Å². The molecule has 2 N–H and O–H groups in total. The van der Waals surface area contributed by atoms with Crippen LogP contribution in [0.1, 0.15) is 46.0 Å². The summed E-state index contributed by atoms with van der Waals surface area (Å²) in [6.45, 7) is 4.23. The van der Waals surface area contributed by atoms with Crippen LogP contribution in [0.25, 0.3) is 0 Å². The molecule has 0 aliphatic heterocycles. The number of carbonyl (C=O) groups excluding carboxylic acids is 1. The number of hydrogen-bond donors (Lipinski definition) is 2. The summed E-state index contributed by atoms with van der Waals surface area (Å²) in [5.74, 6) is -0.224. The third-order valence-electron chi connectivity index (χ3n) is 7.79. The smallest absolute Gasteiger partial charge is 0.307 e. The van der Waals surface area contributed by atoms with E-state index in [9.17, 15) is 19.8 Å². The van der Waals surface area contributed by atoms with Gasteiger partial charge in [0, 0.05) is 11.3 Å². The van der Waals surface area contributed by atoms with E-state index >= 15 is 0 Å². The summed E-state index contributed by atoms with van der Waals surface area (Å²) >= 11 is 0. The molecule has 4 aliphatic rings. The van der Waals surface area contributed by atoms with Gasteiger partial charge in [0.1, 0.15) is 0 Å². The standard InChI is InChI=1S/C20H26O4/c1-19-8-7-12(21)9-11(19)3-4-13-14-5-6-15(18(23)24)20(14,2)10-16(22)17(13)19/h7-9,13-17,22H,3-6,10H2,1-2H3,(H,23,24)/t13-,14?,15+,16-,17?,19-,20-/m0/s1. The number of ketones is 1. The molecule has 4 aliphatic carbocycles. The van der Waals surface area contributed by atoms with Crippen molar-refractivity contribution in [2.75, 3.05) is 0 Å². The first-order valence-corrected chi connectivity index (χ1v) is 9.12. The molecule has 4 nitrogen and oxygen atoms in total. The Morgan fingerprint density at radius 2 is 2.00 bits per heavy atom. The molecule has 0 amide bonds. The van der Waals surface area contributed by atoms with Crippen LogP contribution in [0.4, 0.5) is 0 Å². The van der Waals surface area contributed by atoms with Crippen LogP contribution in [0, 0.1) is 34.5 Å². The maximum atomic E-state index is 11.8. The second-order valence-electron chi connectivity index (χ2n) is 8.77. The molecule has 3 fully saturated rings. The molecule has 0 aromatic rings. The number of carboxylic acids is 1. The molecule has 2 unspecified atom stereocenters. The lowest BCUT2D eigenvalue weighted by molar-refractivity contribution is -0.155. The summed E-state index contributed by atoms with van der Waals surface area (Å²) in [6, 6.07) is 0. The van der Waals surface area contributed by atoms with E-state index in [1.807, 2.05) is 6.08 Å². The van der Waals surface area contributed by atoms with Crippen LogP contribution in [0.2, 0.25) is 0 Å². The van der Waals surface area contributed by atoms with E-state index in [-0.39, 0.29) is 28.4 Å². The van der Waals surface area contributed by atoms with Crippen LogP contribution in [0.5, 0.6) is 0 Å². The average molecular weight is 330 g/mol. The van der Waals surface area contributed by atoms with Gasteiger partial charge in [-0.25, -0.2) is 0 Å². The monoisotopic (exact) mass is 330 g/mol. The largest absolute Gasteiger partial charge is 0.481 e. The molecule has 130 valence electrons. The number of allylic oxidation sites excluding steroid dienone is 4. The quantitative estimate of drug-likeness (QED) is 0.775. The Labute approximate surface area is 142 Å². The molecule has 0 aromatic heterocycles. The number of rotatable bonds is 1. The van der Waals surface area contributed by atoms with Gasteiger partial charge in [0.25, 0.3) is 0 Å². The maximum absolute atomic E-state index is 11.8. The summed E-state index contributed by atoms with van der Waals surface area (Å²) in [7, 11) is 0. The van der Waals surface area contributed by atoms with Crippen LogP contribution in [0.3, 0.4) is 0 Å². The number of carbonyl (C=O) groups is 2. The number of hydrogen-bond acceptors (Lipinski definition) is 3. The number of aliphatic hydroxyl groups excluding tert-OH is 1. The van der Waals surface area contributed by atoms with E-state index < -0.39 is 12.1 Å². The van der Waals surface area contributed by atoms with Gasteiger partial charge in [-0.1, -0.05) is 25.5 Å². The molecule has 4 rings (SSSR count). The fourth-order valence-electron chi connectivity index (χ4n) is 6.73. The zero-order chi connectivity index (χ0) is 17.3. The van der Waals surface area contributed by atoms with Gasteiger partial charge in [-0.15, -0.1) is 0 Å². The van der Waals surface area contributed by atoms with E-state index in [0.717, 1.165) is 31.3 Å². The first kappa shape index (κ1) is 16.1. The van der Waals surface area contributed by atoms with E-state index in [1.165, 1.54) is 0 Å². The Morgan fingerprint density at radius 1 is 1.25 bits per heavy atom. The van der Waals surface area contributed by atoms with Crippen molar-refractivity contribution in [3.8, 4) is 0 Å². The zero-order valence-electron chi connectivity index (χ0n) is 14.4. The lowest BCUT2D eigenvalue weighted by Crippen LogP contribution is -2.56. The van der Waals surface area contributed by atoms with E-state index in [2.05, 4.69) is 13.8 Å².